The molecule has 0 saturated heterocycles. The molecule has 1 N–H and O–H groups in total. The van der Waals surface area contributed by atoms with Crippen molar-refractivity contribution in [1.29, 1.82) is 0 Å². The lowest BCUT2D eigenvalue weighted by Gasteiger charge is -2.32. The van der Waals surface area contributed by atoms with Crippen LogP contribution >= 0.6 is 11.8 Å². The molecule has 1 aliphatic heterocycles. The fraction of sp³-hybridized carbons (Fsp3) is 0.714. The molecule has 1 nitrogen and oxygen atoms in total. The minimum absolute atomic E-state index is 0.801. The van der Waals surface area contributed by atoms with Gasteiger partial charge in [0.2, 0.25) is 0 Å². The van der Waals surface area contributed by atoms with Crippen molar-refractivity contribution in [3.8, 4) is 0 Å². The molecule has 1 heterocycles. The maximum absolute atomic E-state index is 3.38. The Balaban J connectivity index is 2.26. The lowest BCUT2D eigenvalue weighted by Crippen LogP contribution is -2.28. The third-order valence-corrected chi connectivity index (χ3v) is 3.57. The van der Waals surface area contributed by atoms with Crippen LogP contribution in [0.15, 0.2) is 10.6 Å². The molecule has 0 aromatic heterocycles. The Hall–Kier alpha value is -0.110. The smallest absolute Gasteiger partial charge is 0.0652 e. The van der Waals surface area contributed by atoms with Gasteiger partial charge in [0, 0.05) is 16.5 Å². The largest absolute Gasteiger partial charge is 0.378 e. The average Bonchev–Trinajstić information content (AvgIpc) is 2.30. The van der Waals surface area contributed by atoms with Crippen LogP contribution in [0.5, 0.6) is 0 Å². The van der Waals surface area contributed by atoms with Gasteiger partial charge in [-0.05, 0) is 5.92 Å². The summed E-state index contributed by atoms with van der Waals surface area (Å²) in [5.41, 5.74) is 1.52. The maximum Gasteiger partial charge on any atom is 0.0652 e. The van der Waals surface area contributed by atoms with Gasteiger partial charge in [-0.1, -0.05) is 13.8 Å². The number of rotatable bonds is 0. The van der Waals surface area contributed by atoms with Gasteiger partial charge < -0.3 is 5.32 Å². The van der Waals surface area contributed by atoms with E-state index in [-0.39, 0.29) is 0 Å². The Morgan fingerprint density at radius 1 is 1.44 bits per heavy atom. The molecule has 2 atom stereocenters. The highest BCUT2D eigenvalue weighted by Crippen LogP contribution is 2.48. The van der Waals surface area contributed by atoms with E-state index in [0.29, 0.717) is 0 Å². The molecule has 9 heavy (non-hydrogen) atoms. The molecule has 50 valence electrons. The summed E-state index contributed by atoms with van der Waals surface area (Å²) in [6.45, 7) is 4.60. The number of hydrogen-bond acceptors (Lipinski definition) is 2. The molecule has 0 radical (unpaired) electrons. The van der Waals surface area contributed by atoms with Gasteiger partial charge in [-0.25, -0.2) is 0 Å². The van der Waals surface area contributed by atoms with E-state index in [1.165, 1.54) is 5.70 Å². The van der Waals surface area contributed by atoms with E-state index in [0.717, 1.165) is 17.7 Å². The SMILES string of the molecule is CC1C2=C(SCN2)C1C. The van der Waals surface area contributed by atoms with Crippen molar-refractivity contribution in [2.24, 2.45) is 11.8 Å². The fourth-order valence-electron chi connectivity index (χ4n) is 1.50. The third kappa shape index (κ3) is 0.571. The summed E-state index contributed by atoms with van der Waals surface area (Å²) >= 11 is 1.97. The van der Waals surface area contributed by atoms with E-state index in [4.69, 9.17) is 0 Å². The summed E-state index contributed by atoms with van der Waals surface area (Å²) in [5, 5.41) is 3.38. The Bertz CT molecular complexity index is 156. The molecular weight excluding hydrogens is 130 g/mol. The van der Waals surface area contributed by atoms with Crippen LogP contribution in [0, 0.1) is 11.8 Å². The lowest BCUT2D eigenvalue weighted by molar-refractivity contribution is 0.432. The van der Waals surface area contributed by atoms with E-state index in [2.05, 4.69) is 19.2 Å². The summed E-state index contributed by atoms with van der Waals surface area (Å²) in [6.07, 6.45) is 0. The van der Waals surface area contributed by atoms with E-state index < -0.39 is 0 Å². The van der Waals surface area contributed by atoms with Crippen molar-refractivity contribution < 1.29 is 0 Å². The molecule has 1 aliphatic carbocycles. The lowest BCUT2D eigenvalue weighted by atomic mass is 9.81. The quantitative estimate of drug-likeness (QED) is 0.552. The molecule has 0 amide bonds. The van der Waals surface area contributed by atoms with Gasteiger partial charge in [-0.15, -0.1) is 11.8 Å². The van der Waals surface area contributed by atoms with Crippen LogP contribution in [-0.2, 0) is 0 Å². The molecule has 2 unspecified atom stereocenters. The zero-order chi connectivity index (χ0) is 6.43. The highest BCUT2D eigenvalue weighted by molar-refractivity contribution is 8.03. The molecule has 0 spiro atoms. The van der Waals surface area contributed by atoms with Gasteiger partial charge in [0.1, 0.15) is 0 Å². The van der Waals surface area contributed by atoms with Crippen molar-refractivity contribution in [2.75, 3.05) is 5.88 Å². The Kier molecular flexibility index (Phi) is 1.06. The van der Waals surface area contributed by atoms with E-state index in [1.54, 1.807) is 4.91 Å². The maximum atomic E-state index is 3.38. The predicted molar refractivity (Wildman–Crippen MR) is 40.9 cm³/mol. The van der Waals surface area contributed by atoms with Crippen LogP contribution in [0.25, 0.3) is 0 Å². The third-order valence-electron chi connectivity index (χ3n) is 2.37. The van der Waals surface area contributed by atoms with Crippen molar-refractivity contribution >= 4 is 11.8 Å². The second-order valence-electron chi connectivity index (χ2n) is 2.82. The first kappa shape index (κ1) is 5.66. The minimum Gasteiger partial charge on any atom is -0.378 e. The molecule has 0 aromatic carbocycles. The number of allylic oxidation sites excluding steroid dienone is 2. The van der Waals surface area contributed by atoms with Crippen molar-refractivity contribution in [3.05, 3.63) is 10.6 Å². The summed E-state index contributed by atoms with van der Waals surface area (Å²) < 4.78 is 0. The molecule has 0 bridgehead atoms. The Morgan fingerprint density at radius 3 is 2.89 bits per heavy atom. The Morgan fingerprint density at radius 2 is 2.22 bits per heavy atom. The van der Waals surface area contributed by atoms with Crippen LogP contribution in [0.2, 0.25) is 0 Å². The van der Waals surface area contributed by atoms with E-state index in [9.17, 15) is 0 Å². The number of nitrogens with one attached hydrogen (secondary N) is 1. The first-order valence-corrected chi connectivity index (χ1v) is 4.40. The van der Waals surface area contributed by atoms with Gasteiger partial charge in [0.15, 0.2) is 0 Å². The molecule has 0 aromatic rings. The first-order chi connectivity index (χ1) is 4.30. The summed E-state index contributed by atoms with van der Waals surface area (Å²) in [7, 11) is 0. The summed E-state index contributed by atoms with van der Waals surface area (Å²) in [5.74, 6) is 2.74. The van der Waals surface area contributed by atoms with Crippen LogP contribution in [0.1, 0.15) is 13.8 Å². The predicted octanol–water partition coefficient (Wildman–Crippen LogP) is 1.78. The second-order valence-corrected chi connectivity index (χ2v) is 3.84. The molecule has 2 heteroatoms. The van der Waals surface area contributed by atoms with Crippen molar-refractivity contribution in [2.45, 2.75) is 13.8 Å². The zero-order valence-corrected chi connectivity index (χ0v) is 6.59. The fourth-order valence-corrected chi connectivity index (χ4v) is 2.76. The topological polar surface area (TPSA) is 12.0 Å². The standard InChI is InChI=1S/C7H11NS/c1-4-5(2)7-6(4)8-3-9-7/h4-5,8H,3H2,1-2H3. The van der Waals surface area contributed by atoms with Crippen molar-refractivity contribution in [3.63, 3.8) is 0 Å². The summed E-state index contributed by atoms with van der Waals surface area (Å²) in [4.78, 5) is 1.61. The first-order valence-electron chi connectivity index (χ1n) is 3.41. The number of thioether (sulfide) groups is 1. The van der Waals surface area contributed by atoms with Gasteiger partial charge in [-0.2, -0.15) is 0 Å². The van der Waals surface area contributed by atoms with Gasteiger partial charge in [0.05, 0.1) is 5.88 Å². The average molecular weight is 141 g/mol. The molecule has 0 fully saturated rings. The molecule has 0 saturated carbocycles. The van der Waals surface area contributed by atoms with Gasteiger partial charge >= 0.3 is 0 Å². The normalized spacial score (nSPS) is 39.8. The number of hydrogen-bond donors (Lipinski definition) is 1. The van der Waals surface area contributed by atoms with Crippen LogP contribution in [0.3, 0.4) is 0 Å². The van der Waals surface area contributed by atoms with Crippen LogP contribution in [0.4, 0.5) is 0 Å². The second kappa shape index (κ2) is 1.69. The Labute approximate surface area is 59.9 Å². The van der Waals surface area contributed by atoms with E-state index >= 15 is 0 Å². The van der Waals surface area contributed by atoms with Crippen LogP contribution < -0.4 is 5.32 Å². The monoisotopic (exact) mass is 141 g/mol. The van der Waals surface area contributed by atoms with E-state index in [1.807, 2.05) is 11.8 Å². The minimum atomic E-state index is 0.801. The highest BCUT2D eigenvalue weighted by atomic mass is 32.2. The summed E-state index contributed by atoms with van der Waals surface area (Å²) in [6, 6.07) is 0. The van der Waals surface area contributed by atoms with Crippen molar-refractivity contribution in [1.82, 2.24) is 5.32 Å². The zero-order valence-electron chi connectivity index (χ0n) is 5.77. The van der Waals surface area contributed by atoms with Crippen LogP contribution in [-0.4, -0.2) is 5.88 Å². The van der Waals surface area contributed by atoms with Gasteiger partial charge in [0.25, 0.3) is 0 Å². The van der Waals surface area contributed by atoms with Gasteiger partial charge in [-0.3, -0.25) is 0 Å². The highest BCUT2D eigenvalue weighted by Gasteiger charge is 2.37. The molecule has 2 rings (SSSR count). The molecule has 2 aliphatic rings. The molecular formula is C7H11NS.